The van der Waals surface area contributed by atoms with Gasteiger partial charge in [0.15, 0.2) is 6.10 Å². The molecule has 1 unspecified atom stereocenters. The summed E-state index contributed by atoms with van der Waals surface area (Å²) < 4.78 is 5.61. The number of hydrogen-bond donors (Lipinski definition) is 1. The lowest BCUT2D eigenvalue weighted by Gasteiger charge is -2.14. The highest BCUT2D eigenvalue weighted by Gasteiger charge is 2.15. The van der Waals surface area contributed by atoms with Gasteiger partial charge < -0.3 is 4.74 Å². The summed E-state index contributed by atoms with van der Waals surface area (Å²) in [4.78, 5) is 12.9. The third kappa shape index (κ3) is 4.58. The summed E-state index contributed by atoms with van der Waals surface area (Å²) in [5.41, 5.74) is 3.34. The Labute approximate surface area is 132 Å². The van der Waals surface area contributed by atoms with Gasteiger partial charge in [0.2, 0.25) is 0 Å². The van der Waals surface area contributed by atoms with Gasteiger partial charge in [-0.15, -0.1) is 11.3 Å². The number of aryl methyl sites for hydroxylation is 1. The maximum atomic E-state index is 11.9. The van der Waals surface area contributed by atoms with E-state index < -0.39 is 6.10 Å². The van der Waals surface area contributed by atoms with E-state index in [-0.39, 0.29) is 5.91 Å². The molecule has 1 aromatic carbocycles. The Morgan fingerprint density at radius 1 is 1.48 bits per heavy atom. The van der Waals surface area contributed by atoms with Gasteiger partial charge in [0.05, 0.1) is 6.21 Å². The van der Waals surface area contributed by atoms with Crippen molar-refractivity contribution in [1.82, 2.24) is 5.43 Å². The number of rotatable bonds is 5. The highest BCUT2D eigenvalue weighted by Crippen LogP contribution is 2.22. The van der Waals surface area contributed by atoms with Crippen LogP contribution in [0.25, 0.3) is 0 Å². The summed E-state index contributed by atoms with van der Waals surface area (Å²) in [7, 11) is 0. The van der Waals surface area contributed by atoms with Crippen LogP contribution in [0.5, 0.6) is 5.75 Å². The molecule has 1 atom stereocenters. The minimum atomic E-state index is -0.648. The average Bonchev–Trinajstić information content (AvgIpc) is 2.95. The first kappa shape index (κ1) is 15.5. The van der Waals surface area contributed by atoms with E-state index >= 15 is 0 Å². The highest BCUT2D eigenvalue weighted by atomic mass is 35.5. The molecule has 0 saturated carbocycles. The Kier molecular flexibility index (Phi) is 5.36. The van der Waals surface area contributed by atoms with Crippen LogP contribution in [0.2, 0.25) is 5.02 Å². The lowest BCUT2D eigenvalue weighted by atomic mass is 10.2. The molecule has 1 N–H and O–H groups in total. The van der Waals surface area contributed by atoms with E-state index in [0.717, 1.165) is 10.4 Å². The summed E-state index contributed by atoms with van der Waals surface area (Å²) in [6.45, 7) is 3.55. The first-order chi connectivity index (χ1) is 10.1. The topological polar surface area (TPSA) is 50.7 Å². The van der Waals surface area contributed by atoms with Crippen LogP contribution in [0.1, 0.15) is 17.4 Å². The number of benzene rings is 1. The van der Waals surface area contributed by atoms with Crippen LogP contribution < -0.4 is 10.2 Å². The largest absolute Gasteiger partial charge is 0.481 e. The number of hydrazone groups is 1. The molecule has 0 saturated heterocycles. The van der Waals surface area contributed by atoms with Gasteiger partial charge in [0.25, 0.3) is 5.91 Å². The maximum absolute atomic E-state index is 11.9. The molecule has 2 aromatic rings. The Hall–Kier alpha value is -1.85. The second kappa shape index (κ2) is 7.24. The molecule has 0 bridgehead atoms. The Morgan fingerprint density at radius 2 is 2.29 bits per heavy atom. The number of nitrogens with one attached hydrogen (secondary N) is 1. The number of hydrogen-bond acceptors (Lipinski definition) is 4. The van der Waals surface area contributed by atoms with Crippen LogP contribution in [0.3, 0.4) is 0 Å². The molecule has 0 spiro atoms. The fourth-order valence-corrected chi connectivity index (χ4v) is 2.42. The molecule has 1 aromatic heterocycles. The summed E-state index contributed by atoms with van der Waals surface area (Å²) in [5, 5.41) is 6.48. The zero-order valence-electron chi connectivity index (χ0n) is 11.7. The van der Waals surface area contributed by atoms with Crippen molar-refractivity contribution < 1.29 is 9.53 Å². The second-order valence-electron chi connectivity index (χ2n) is 4.42. The lowest BCUT2D eigenvalue weighted by molar-refractivity contribution is -0.127. The van der Waals surface area contributed by atoms with E-state index in [1.54, 1.807) is 42.7 Å². The molecule has 1 amide bonds. The number of amides is 1. The molecule has 6 heteroatoms. The number of nitrogens with zero attached hydrogens (tertiary/aromatic N) is 1. The van der Waals surface area contributed by atoms with Crippen LogP contribution in [-0.2, 0) is 4.79 Å². The van der Waals surface area contributed by atoms with Crippen molar-refractivity contribution in [1.29, 1.82) is 0 Å². The van der Waals surface area contributed by atoms with Gasteiger partial charge in [-0.3, -0.25) is 4.79 Å². The number of carbonyl (C=O) groups excluding carboxylic acids is 1. The van der Waals surface area contributed by atoms with Crippen molar-refractivity contribution >= 4 is 35.1 Å². The molecular weight excluding hydrogens is 308 g/mol. The van der Waals surface area contributed by atoms with Crippen LogP contribution in [0.4, 0.5) is 0 Å². The second-order valence-corrected chi connectivity index (χ2v) is 5.84. The number of halogens is 1. The van der Waals surface area contributed by atoms with Crippen LogP contribution >= 0.6 is 22.9 Å². The van der Waals surface area contributed by atoms with Gasteiger partial charge in [-0.25, -0.2) is 5.43 Å². The lowest BCUT2D eigenvalue weighted by Crippen LogP contribution is -2.33. The van der Waals surface area contributed by atoms with E-state index in [9.17, 15) is 4.79 Å². The number of carbonyl (C=O) groups is 1. The fourth-order valence-electron chi connectivity index (χ4n) is 1.60. The molecular formula is C15H15ClN2O2S. The van der Waals surface area contributed by atoms with Crippen molar-refractivity contribution in [3.05, 3.63) is 51.2 Å². The number of ether oxygens (including phenoxy) is 1. The van der Waals surface area contributed by atoms with E-state index in [1.807, 2.05) is 24.4 Å². The summed E-state index contributed by atoms with van der Waals surface area (Å²) in [6, 6.07) is 9.09. The van der Waals surface area contributed by atoms with Gasteiger partial charge in [0, 0.05) is 9.90 Å². The van der Waals surface area contributed by atoms with Crippen molar-refractivity contribution in [3.63, 3.8) is 0 Å². The van der Waals surface area contributed by atoms with E-state index in [0.29, 0.717) is 10.8 Å². The molecule has 2 rings (SSSR count). The predicted octanol–water partition coefficient (Wildman–Crippen LogP) is 3.63. The standard InChI is InChI=1S/C15H15ClN2O2S/c1-10-8-12(16)5-6-14(10)20-11(2)15(19)18-17-9-13-4-3-7-21-13/h3-9,11H,1-2H3,(H,18,19). The van der Waals surface area contributed by atoms with Gasteiger partial charge in [-0.1, -0.05) is 17.7 Å². The van der Waals surface area contributed by atoms with Crippen LogP contribution in [-0.4, -0.2) is 18.2 Å². The van der Waals surface area contributed by atoms with Crippen molar-refractivity contribution in [2.24, 2.45) is 5.10 Å². The van der Waals surface area contributed by atoms with Crippen molar-refractivity contribution in [2.45, 2.75) is 20.0 Å². The average molecular weight is 323 g/mol. The minimum absolute atomic E-state index is 0.308. The minimum Gasteiger partial charge on any atom is -0.481 e. The predicted molar refractivity (Wildman–Crippen MR) is 86.3 cm³/mol. The first-order valence-electron chi connectivity index (χ1n) is 6.35. The summed E-state index contributed by atoms with van der Waals surface area (Å²) >= 11 is 7.42. The van der Waals surface area contributed by atoms with Crippen LogP contribution in [0, 0.1) is 6.92 Å². The first-order valence-corrected chi connectivity index (χ1v) is 7.61. The normalized spacial score (nSPS) is 12.3. The molecule has 0 aliphatic rings. The van der Waals surface area contributed by atoms with E-state index in [1.165, 1.54) is 0 Å². The third-order valence-corrected chi connectivity index (χ3v) is 3.76. The van der Waals surface area contributed by atoms with E-state index in [2.05, 4.69) is 10.5 Å². The quantitative estimate of drug-likeness (QED) is 0.675. The van der Waals surface area contributed by atoms with Gasteiger partial charge >= 0.3 is 0 Å². The zero-order valence-corrected chi connectivity index (χ0v) is 13.2. The smallest absolute Gasteiger partial charge is 0.280 e. The molecule has 0 fully saturated rings. The molecule has 4 nitrogen and oxygen atoms in total. The van der Waals surface area contributed by atoms with Gasteiger partial charge in [-0.05, 0) is 49.1 Å². The zero-order chi connectivity index (χ0) is 15.2. The molecule has 110 valence electrons. The molecule has 0 aliphatic carbocycles. The molecule has 0 aliphatic heterocycles. The molecule has 21 heavy (non-hydrogen) atoms. The van der Waals surface area contributed by atoms with E-state index in [4.69, 9.17) is 16.3 Å². The SMILES string of the molecule is Cc1cc(Cl)ccc1OC(C)C(=O)NN=Cc1cccs1. The summed E-state index contributed by atoms with van der Waals surface area (Å²) in [6.07, 6.45) is 0.952. The maximum Gasteiger partial charge on any atom is 0.280 e. The van der Waals surface area contributed by atoms with Crippen molar-refractivity contribution in [3.8, 4) is 5.75 Å². The van der Waals surface area contributed by atoms with Crippen LogP contribution in [0.15, 0.2) is 40.8 Å². The molecule has 1 heterocycles. The number of thiophene rings is 1. The van der Waals surface area contributed by atoms with Gasteiger partial charge in [-0.2, -0.15) is 5.10 Å². The fraction of sp³-hybridized carbons (Fsp3) is 0.200. The third-order valence-electron chi connectivity index (χ3n) is 2.72. The summed E-state index contributed by atoms with van der Waals surface area (Å²) in [5.74, 6) is 0.321. The highest BCUT2D eigenvalue weighted by molar-refractivity contribution is 7.11. The molecule has 0 radical (unpaired) electrons. The Morgan fingerprint density at radius 3 is 2.95 bits per heavy atom. The van der Waals surface area contributed by atoms with Crippen molar-refractivity contribution in [2.75, 3.05) is 0 Å². The Balaban J connectivity index is 1.90. The monoisotopic (exact) mass is 322 g/mol. The van der Waals surface area contributed by atoms with Gasteiger partial charge in [0.1, 0.15) is 5.75 Å². The Bertz CT molecular complexity index is 641.